The van der Waals surface area contributed by atoms with Gasteiger partial charge in [-0.1, -0.05) is 30.3 Å². The van der Waals surface area contributed by atoms with Gasteiger partial charge < -0.3 is 5.32 Å². The van der Waals surface area contributed by atoms with Crippen LogP contribution in [0.15, 0.2) is 47.4 Å². The van der Waals surface area contributed by atoms with Crippen molar-refractivity contribution in [2.45, 2.75) is 19.4 Å². The first kappa shape index (κ1) is 13.1. The minimum Gasteiger partial charge on any atom is -0.317 e. The highest BCUT2D eigenvalue weighted by atomic mass is 16.1. The molecule has 0 aliphatic carbocycles. The van der Waals surface area contributed by atoms with Crippen LogP contribution in [0.2, 0.25) is 0 Å². The lowest BCUT2D eigenvalue weighted by molar-refractivity contribution is 0.315. The number of piperidine rings is 1. The van der Waals surface area contributed by atoms with Crippen LogP contribution in [0.25, 0.3) is 11.1 Å². The fraction of sp³-hybridized carbons (Fsp3) is 0.375. The Morgan fingerprint density at radius 3 is 2.65 bits per heavy atom. The summed E-state index contributed by atoms with van der Waals surface area (Å²) in [5.74, 6) is 0.549. The minimum absolute atomic E-state index is 0.0113. The maximum atomic E-state index is 12.5. The first-order chi connectivity index (χ1) is 9.84. The summed E-state index contributed by atoms with van der Waals surface area (Å²) in [6, 6.07) is 11.6. The number of benzene rings is 1. The zero-order valence-corrected chi connectivity index (χ0v) is 11.5. The summed E-state index contributed by atoms with van der Waals surface area (Å²) in [5, 5.41) is 7.59. The molecule has 1 aliphatic rings. The van der Waals surface area contributed by atoms with Crippen molar-refractivity contribution in [2.24, 2.45) is 5.92 Å². The molecule has 1 aromatic carbocycles. The average Bonchev–Trinajstić information content (AvgIpc) is 2.51. The van der Waals surface area contributed by atoms with Crippen LogP contribution in [-0.2, 0) is 6.54 Å². The highest BCUT2D eigenvalue weighted by Crippen LogP contribution is 2.15. The second-order valence-corrected chi connectivity index (χ2v) is 5.29. The van der Waals surface area contributed by atoms with Crippen LogP contribution in [-0.4, -0.2) is 22.9 Å². The molecule has 0 atom stereocenters. The monoisotopic (exact) mass is 269 g/mol. The molecule has 20 heavy (non-hydrogen) atoms. The Morgan fingerprint density at radius 2 is 1.90 bits per heavy atom. The molecule has 1 N–H and O–H groups in total. The molecule has 0 radical (unpaired) electrons. The van der Waals surface area contributed by atoms with Gasteiger partial charge in [0.05, 0.1) is 5.56 Å². The third-order valence-corrected chi connectivity index (χ3v) is 3.89. The molecular weight excluding hydrogens is 250 g/mol. The van der Waals surface area contributed by atoms with Crippen molar-refractivity contribution >= 4 is 0 Å². The van der Waals surface area contributed by atoms with Gasteiger partial charge in [0.1, 0.15) is 0 Å². The molecule has 0 amide bonds. The largest absolute Gasteiger partial charge is 0.317 e. The van der Waals surface area contributed by atoms with Crippen molar-refractivity contribution in [2.75, 3.05) is 13.1 Å². The van der Waals surface area contributed by atoms with Gasteiger partial charge in [-0.25, -0.2) is 4.68 Å². The second kappa shape index (κ2) is 6.01. The van der Waals surface area contributed by atoms with Gasteiger partial charge in [-0.15, -0.1) is 0 Å². The van der Waals surface area contributed by atoms with Gasteiger partial charge in [0.25, 0.3) is 5.56 Å². The van der Waals surface area contributed by atoms with E-state index in [-0.39, 0.29) is 5.56 Å². The Hall–Kier alpha value is -1.94. The summed E-state index contributed by atoms with van der Waals surface area (Å²) in [5.41, 5.74) is 1.70. The number of aromatic nitrogens is 2. The van der Waals surface area contributed by atoms with Crippen LogP contribution < -0.4 is 10.9 Å². The van der Waals surface area contributed by atoms with Gasteiger partial charge in [-0.2, -0.15) is 5.10 Å². The Morgan fingerprint density at radius 1 is 1.15 bits per heavy atom. The molecule has 3 rings (SSSR count). The molecule has 0 bridgehead atoms. The second-order valence-electron chi connectivity index (χ2n) is 5.29. The summed E-state index contributed by atoms with van der Waals surface area (Å²) in [7, 11) is 0. The van der Waals surface area contributed by atoms with E-state index in [1.165, 1.54) is 0 Å². The summed E-state index contributed by atoms with van der Waals surface area (Å²) in [6.07, 6.45) is 3.96. The molecule has 0 saturated carbocycles. The predicted molar refractivity (Wildman–Crippen MR) is 79.5 cm³/mol. The van der Waals surface area contributed by atoms with Crippen LogP contribution in [0.4, 0.5) is 0 Å². The summed E-state index contributed by atoms with van der Waals surface area (Å²) < 4.78 is 1.62. The molecule has 0 spiro atoms. The fourth-order valence-electron chi connectivity index (χ4n) is 2.73. The smallest absolute Gasteiger partial charge is 0.274 e. The third kappa shape index (κ3) is 2.80. The van der Waals surface area contributed by atoms with Crippen molar-refractivity contribution in [3.8, 4) is 11.1 Å². The number of nitrogens with one attached hydrogen (secondary N) is 1. The van der Waals surface area contributed by atoms with E-state index >= 15 is 0 Å². The van der Waals surface area contributed by atoms with Crippen LogP contribution in [0.3, 0.4) is 0 Å². The van der Waals surface area contributed by atoms with Gasteiger partial charge in [0.15, 0.2) is 0 Å². The van der Waals surface area contributed by atoms with Crippen molar-refractivity contribution in [1.29, 1.82) is 0 Å². The van der Waals surface area contributed by atoms with Crippen molar-refractivity contribution in [3.05, 3.63) is 52.9 Å². The maximum Gasteiger partial charge on any atom is 0.274 e. The van der Waals surface area contributed by atoms with E-state index in [1.54, 1.807) is 16.9 Å². The first-order valence-corrected chi connectivity index (χ1v) is 7.17. The Kier molecular flexibility index (Phi) is 3.92. The van der Waals surface area contributed by atoms with Crippen molar-refractivity contribution in [3.63, 3.8) is 0 Å². The van der Waals surface area contributed by atoms with E-state index < -0.39 is 0 Å². The van der Waals surface area contributed by atoms with Gasteiger partial charge in [-0.05, 0) is 43.5 Å². The summed E-state index contributed by atoms with van der Waals surface area (Å²) in [4.78, 5) is 12.5. The normalized spacial score (nSPS) is 16.2. The van der Waals surface area contributed by atoms with Gasteiger partial charge in [0.2, 0.25) is 0 Å². The quantitative estimate of drug-likeness (QED) is 0.926. The van der Waals surface area contributed by atoms with E-state index in [1.807, 2.05) is 30.3 Å². The molecule has 2 heterocycles. The Labute approximate surface area is 118 Å². The lowest BCUT2D eigenvalue weighted by Crippen LogP contribution is -2.33. The minimum atomic E-state index is 0.0113. The van der Waals surface area contributed by atoms with Crippen LogP contribution >= 0.6 is 0 Å². The Bertz CT molecular complexity index is 615. The average molecular weight is 269 g/mol. The van der Waals surface area contributed by atoms with Crippen molar-refractivity contribution < 1.29 is 0 Å². The topological polar surface area (TPSA) is 46.9 Å². The number of nitrogens with zero attached hydrogens (tertiary/aromatic N) is 2. The van der Waals surface area contributed by atoms with Crippen molar-refractivity contribution in [1.82, 2.24) is 15.1 Å². The van der Waals surface area contributed by atoms with E-state index in [4.69, 9.17) is 0 Å². The SMILES string of the molecule is O=c1c(-c2ccccc2)ccnn1CC1CCNCC1. The Balaban J connectivity index is 1.87. The first-order valence-electron chi connectivity index (χ1n) is 7.17. The maximum absolute atomic E-state index is 12.5. The molecular formula is C16H19N3O. The predicted octanol–water partition coefficient (Wildman–Crippen LogP) is 1.91. The highest BCUT2D eigenvalue weighted by molar-refractivity contribution is 5.61. The molecule has 4 heteroatoms. The highest BCUT2D eigenvalue weighted by Gasteiger charge is 2.15. The van der Waals surface area contributed by atoms with E-state index in [0.29, 0.717) is 5.92 Å². The lowest BCUT2D eigenvalue weighted by atomic mass is 9.98. The fourth-order valence-corrected chi connectivity index (χ4v) is 2.73. The zero-order chi connectivity index (χ0) is 13.8. The van der Waals surface area contributed by atoms with Gasteiger partial charge in [0, 0.05) is 12.7 Å². The zero-order valence-electron chi connectivity index (χ0n) is 11.5. The number of hydrogen-bond acceptors (Lipinski definition) is 3. The van der Waals surface area contributed by atoms with E-state index in [0.717, 1.165) is 43.6 Å². The molecule has 104 valence electrons. The van der Waals surface area contributed by atoms with Crippen LogP contribution in [0.5, 0.6) is 0 Å². The lowest BCUT2D eigenvalue weighted by Gasteiger charge is -2.22. The number of rotatable bonds is 3. The third-order valence-electron chi connectivity index (χ3n) is 3.89. The molecule has 2 aromatic rings. The van der Waals surface area contributed by atoms with E-state index in [9.17, 15) is 4.79 Å². The molecule has 1 saturated heterocycles. The number of hydrogen-bond donors (Lipinski definition) is 1. The molecule has 1 fully saturated rings. The van der Waals surface area contributed by atoms with Gasteiger partial charge >= 0.3 is 0 Å². The van der Waals surface area contributed by atoms with Crippen LogP contribution in [0.1, 0.15) is 12.8 Å². The molecule has 1 aromatic heterocycles. The molecule has 0 unspecified atom stereocenters. The van der Waals surface area contributed by atoms with E-state index in [2.05, 4.69) is 10.4 Å². The molecule has 1 aliphatic heterocycles. The van der Waals surface area contributed by atoms with Gasteiger partial charge in [-0.3, -0.25) is 4.79 Å². The van der Waals surface area contributed by atoms with Crippen LogP contribution in [0, 0.1) is 5.92 Å². The summed E-state index contributed by atoms with van der Waals surface area (Å²) >= 11 is 0. The standard InChI is InChI=1S/C16H19N3O/c20-16-15(14-4-2-1-3-5-14)8-11-18-19(16)12-13-6-9-17-10-7-13/h1-5,8,11,13,17H,6-7,9-10,12H2. The summed E-state index contributed by atoms with van der Waals surface area (Å²) in [6.45, 7) is 2.80. The molecule has 4 nitrogen and oxygen atoms in total.